The standard InChI is InChI=1S/C80H101ClN16O15/c1-45(2)37-62(72(104)89-61(18-11-12-35-84-46(3)4)80(112)97-36-14-19-68(97)78(110)85-47(5)69(82)102)90-73(105)64(39-51-21-30-59(31-22-51)86-48(6)99)91-74(106)65(40-52-23-32-60(33-24-52)87-49(7)100)92-77(109)67(44-98)94-75(107)66(42-54-15-13-34-83-43-54)93-79(111)70(95-71(103)56-26-28-58(81)29-27-56)96-76(108)63(88-50(8)101)41-53-20-25-55-16-9-10-17-57(55)38-53/h9-10,13,15-17,20-34,38,43,45-47,61-68,70,84,98H,11-12,14,18-19,35-37,39-42,44H2,1-8H3,(H2,82,102)(H,85,110)(H,86,99)(H,87,100)(H,88,101)(H,89,104)(H,90,105)(H,91,106)(H,92,109)(H,93,111)(H,94,107)(H,95,103)(H,96,108)/t47-,61+,62+,63-,64-,65+,66-,67+,68-,70+/m1/s1. The van der Waals surface area contributed by atoms with Crippen LogP contribution in [0.2, 0.25) is 5.02 Å². The van der Waals surface area contributed by atoms with Gasteiger partial charge in [-0.05, 0) is 146 Å². The summed E-state index contributed by atoms with van der Waals surface area (Å²) in [6, 6.07) is 21.4. The number of unbranched alkanes of at least 4 members (excludes halogenated alkanes) is 1. The summed E-state index contributed by atoms with van der Waals surface area (Å²) in [5.74, 6) is -11.5. The minimum atomic E-state index is -1.98. The quantitative estimate of drug-likeness (QED) is 0.0194. The van der Waals surface area contributed by atoms with E-state index in [0.717, 1.165) is 10.8 Å². The van der Waals surface area contributed by atoms with E-state index in [-0.39, 0.29) is 85.9 Å². The van der Waals surface area contributed by atoms with Gasteiger partial charge in [0.25, 0.3) is 11.8 Å². The molecule has 14 amide bonds. The van der Waals surface area contributed by atoms with Crippen LogP contribution in [0, 0.1) is 5.92 Å². The molecule has 16 N–H and O–H groups in total. The fraction of sp³-hybridized carbons (Fsp3) is 0.412. The van der Waals surface area contributed by atoms with E-state index < -0.39 is 138 Å². The van der Waals surface area contributed by atoms with Crippen LogP contribution in [0.1, 0.15) is 127 Å². The average molecular weight is 1560 g/mol. The maximum Gasteiger partial charge on any atom is 0.264 e. The minimum Gasteiger partial charge on any atom is -0.394 e. The lowest BCUT2D eigenvalue weighted by atomic mass is 9.99. The Morgan fingerprint density at radius 3 is 1.54 bits per heavy atom. The molecular weight excluding hydrogens is 1460 g/mol. The van der Waals surface area contributed by atoms with E-state index >= 15 is 9.59 Å². The molecule has 7 rings (SSSR count). The van der Waals surface area contributed by atoms with E-state index in [1.807, 2.05) is 50.2 Å². The van der Waals surface area contributed by atoms with Crippen LogP contribution in [0.5, 0.6) is 0 Å². The first kappa shape index (κ1) is 87.5. The van der Waals surface area contributed by atoms with Crippen molar-refractivity contribution in [3.8, 4) is 0 Å². The summed E-state index contributed by atoms with van der Waals surface area (Å²) < 4.78 is 0. The zero-order valence-corrected chi connectivity index (χ0v) is 64.7. The summed E-state index contributed by atoms with van der Waals surface area (Å²) in [6.07, 6.45) is 1.65. The second kappa shape index (κ2) is 43.0. The van der Waals surface area contributed by atoms with Crippen molar-refractivity contribution in [2.75, 3.05) is 30.3 Å². The molecule has 0 aliphatic carbocycles. The Bertz CT molecular complexity index is 4310. The lowest BCUT2D eigenvalue weighted by Gasteiger charge is -2.31. The number of carbonyl (C=O) groups is 14. The van der Waals surface area contributed by atoms with Crippen molar-refractivity contribution in [3.63, 3.8) is 0 Å². The van der Waals surface area contributed by atoms with Gasteiger partial charge in [-0.1, -0.05) is 112 Å². The van der Waals surface area contributed by atoms with Crippen LogP contribution in [0.15, 0.2) is 140 Å². The minimum absolute atomic E-state index is 0.000369. The number of halogens is 1. The molecule has 1 aromatic heterocycles. The van der Waals surface area contributed by atoms with E-state index in [2.05, 4.69) is 74.1 Å². The molecule has 2 heterocycles. The van der Waals surface area contributed by atoms with Crippen LogP contribution >= 0.6 is 11.6 Å². The molecule has 1 aliphatic rings. The Morgan fingerprint density at radius 1 is 0.509 bits per heavy atom. The van der Waals surface area contributed by atoms with Crippen LogP contribution in [-0.4, -0.2) is 184 Å². The zero-order valence-electron chi connectivity index (χ0n) is 63.9. The third-order valence-electron chi connectivity index (χ3n) is 18.2. The monoisotopic (exact) mass is 1560 g/mol. The van der Waals surface area contributed by atoms with Crippen molar-refractivity contribution in [2.45, 2.75) is 186 Å². The van der Waals surface area contributed by atoms with Gasteiger partial charge < -0.3 is 84.9 Å². The van der Waals surface area contributed by atoms with Gasteiger partial charge in [0.1, 0.15) is 54.4 Å². The van der Waals surface area contributed by atoms with Crippen molar-refractivity contribution in [1.29, 1.82) is 0 Å². The molecular formula is C80H101ClN16O15. The van der Waals surface area contributed by atoms with E-state index in [4.69, 9.17) is 17.3 Å². The molecule has 1 fully saturated rings. The summed E-state index contributed by atoms with van der Waals surface area (Å²) in [5, 5.41) is 48.0. The molecule has 1 aliphatic heterocycles. The van der Waals surface area contributed by atoms with Crippen LogP contribution in [0.4, 0.5) is 11.4 Å². The third kappa shape index (κ3) is 28.0. The molecule has 0 spiro atoms. The number of hydrogen-bond acceptors (Lipinski definition) is 17. The van der Waals surface area contributed by atoms with Crippen molar-refractivity contribution >= 4 is 116 Å². The third-order valence-corrected chi connectivity index (χ3v) is 18.5. The number of nitrogens with zero attached hydrogens (tertiary/aromatic N) is 2. The lowest BCUT2D eigenvalue weighted by molar-refractivity contribution is -0.142. The van der Waals surface area contributed by atoms with Crippen LogP contribution in [0.25, 0.3) is 10.8 Å². The first-order valence-corrected chi connectivity index (χ1v) is 37.5. The second-order valence-corrected chi connectivity index (χ2v) is 28.8. The highest BCUT2D eigenvalue weighted by molar-refractivity contribution is 6.30. The fourth-order valence-electron chi connectivity index (χ4n) is 12.5. The number of benzene rings is 5. The molecule has 10 atom stereocenters. The highest BCUT2D eigenvalue weighted by Crippen LogP contribution is 2.23. The predicted molar refractivity (Wildman–Crippen MR) is 420 cm³/mol. The number of aliphatic hydroxyl groups is 1. The largest absolute Gasteiger partial charge is 0.394 e. The van der Waals surface area contributed by atoms with Crippen LogP contribution in [0.3, 0.4) is 0 Å². The molecule has 32 heteroatoms. The number of amides is 14. The molecule has 0 saturated carbocycles. The van der Waals surface area contributed by atoms with Crippen molar-refractivity contribution in [1.82, 2.24) is 68.4 Å². The molecule has 5 aromatic carbocycles. The Hall–Kier alpha value is -11.7. The zero-order chi connectivity index (χ0) is 81.7. The highest BCUT2D eigenvalue weighted by atomic mass is 35.5. The predicted octanol–water partition coefficient (Wildman–Crippen LogP) is 2.55. The van der Waals surface area contributed by atoms with Gasteiger partial charge >= 0.3 is 0 Å². The van der Waals surface area contributed by atoms with Gasteiger partial charge in [0.2, 0.25) is 70.9 Å². The van der Waals surface area contributed by atoms with Crippen LogP contribution < -0.4 is 74.9 Å². The second-order valence-electron chi connectivity index (χ2n) is 28.4. The molecule has 6 aromatic rings. The van der Waals surface area contributed by atoms with E-state index in [9.17, 15) is 62.6 Å². The molecule has 0 radical (unpaired) electrons. The Kier molecular flexibility index (Phi) is 33.6. The normalized spacial score (nSPS) is 14.9. The van der Waals surface area contributed by atoms with Gasteiger partial charge in [-0.15, -0.1) is 0 Å². The summed E-state index contributed by atoms with van der Waals surface area (Å²) in [7, 11) is 0. The van der Waals surface area contributed by atoms with Gasteiger partial charge in [-0.25, -0.2) is 0 Å². The van der Waals surface area contributed by atoms with Gasteiger partial charge in [-0.2, -0.15) is 0 Å². The number of anilines is 2. The molecule has 1 saturated heterocycles. The van der Waals surface area contributed by atoms with Gasteiger partial charge in [-0.3, -0.25) is 72.1 Å². The maximum absolute atomic E-state index is 15.3. The summed E-state index contributed by atoms with van der Waals surface area (Å²) in [4.78, 5) is 201. The maximum atomic E-state index is 15.3. The first-order valence-electron chi connectivity index (χ1n) is 37.1. The smallest absolute Gasteiger partial charge is 0.264 e. The first-order chi connectivity index (χ1) is 53.3. The number of aliphatic hydroxyl groups excluding tert-OH is 1. The number of nitrogens with one attached hydrogen (secondary N) is 13. The lowest BCUT2D eigenvalue weighted by Crippen LogP contribution is -2.63. The van der Waals surface area contributed by atoms with Gasteiger partial charge in [0.15, 0.2) is 6.17 Å². The number of aromatic nitrogens is 1. The Balaban J connectivity index is 1.19. The molecule has 112 heavy (non-hydrogen) atoms. The SMILES string of the molecule is CC(=O)Nc1ccc(C[C@H](NC(=O)[C@H](CO)NC(=O)[C@@H](Cc2cccnc2)NC(=O)[C@@H](NC(=O)c2ccc(Cl)cc2)NC(=O)[C@@H](Cc2ccc3ccccc3c2)NC(C)=O)C(=O)N[C@H](Cc2ccc(NC(C)=O)cc2)C(=O)N[C@@H](CC(C)C)C(=O)N[C@@H](CCCCNC(C)C)C(=O)N2CCC[C@@H]2C(=O)N[C@H](C)C(N)=O)cc1. The number of pyridine rings is 1. The summed E-state index contributed by atoms with van der Waals surface area (Å²) in [5.41, 5.74) is 8.01. The fourth-order valence-corrected chi connectivity index (χ4v) is 12.6. The van der Waals surface area contributed by atoms with E-state index in [1.165, 1.54) is 81.4 Å². The highest BCUT2D eigenvalue weighted by Gasteiger charge is 2.41. The van der Waals surface area contributed by atoms with E-state index in [1.54, 1.807) is 68.4 Å². The molecule has 0 bridgehead atoms. The molecule has 598 valence electrons. The number of rotatable bonds is 40. The number of primary amides is 1. The number of likely N-dealkylation sites (tertiary alicyclic amines) is 1. The average Bonchev–Trinajstić information content (AvgIpc) is 1.15. The Morgan fingerprint density at radius 2 is 1.01 bits per heavy atom. The Labute approximate surface area is 654 Å². The van der Waals surface area contributed by atoms with E-state index in [0.29, 0.717) is 59.4 Å². The number of carbonyl (C=O) groups excluding carboxylic acids is 14. The van der Waals surface area contributed by atoms with Crippen molar-refractivity contribution < 1.29 is 72.2 Å². The van der Waals surface area contributed by atoms with Gasteiger partial charge in [0.05, 0.1) is 6.61 Å². The van der Waals surface area contributed by atoms with Crippen molar-refractivity contribution in [3.05, 3.63) is 173 Å². The summed E-state index contributed by atoms with van der Waals surface area (Å²) in [6.45, 7) is 12.4. The number of hydrogen-bond donors (Lipinski definition) is 15. The van der Waals surface area contributed by atoms with Crippen molar-refractivity contribution in [2.24, 2.45) is 11.7 Å². The van der Waals surface area contributed by atoms with Gasteiger partial charge in [0, 0.05) is 93.4 Å². The topological polar surface area (TPSA) is 458 Å². The summed E-state index contributed by atoms with van der Waals surface area (Å²) >= 11 is 6.14. The number of nitrogens with two attached hydrogens (primary N) is 1. The number of fused-ring (bicyclic) bond motifs is 1. The molecule has 0 unspecified atom stereocenters. The molecule has 31 nitrogen and oxygen atoms in total. The van der Waals surface area contributed by atoms with Crippen LogP contribution in [-0.2, 0) is 88.0 Å².